The molecule has 1 aromatic rings. The van der Waals surface area contributed by atoms with Gasteiger partial charge in [0.15, 0.2) is 5.82 Å². The van der Waals surface area contributed by atoms with Gasteiger partial charge in [0, 0.05) is 6.04 Å². The summed E-state index contributed by atoms with van der Waals surface area (Å²) in [6.45, 7) is 0. The van der Waals surface area contributed by atoms with Gasteiger partial charge in [-0.2, -0.15) is 0 Å². The lowest BCUT2D eigenvalue weighted by atomic mass is 9.84. The molecule has 6 heteroatoms. The molecule has 1 heterocycles. The molecule has 0 amide bonds. The summed E-state index contributed by atoms with van der Waals surface area (Å²) < 4.78 is 12.6. The average molecular weight is 239 g/mol. The van der Waals surface area contributed by atoms with E-state index in [1.54, 1.807) is 0 Å². The lowest BCUT2D eigenvalue weighted by Gasteiger charge is -2.29. The first kappa shape index (κ1) is 11.8. The number of rotatable bonds is 3. The second kappa shape index (κ2) is 5.07. The predicted molar refractivity (Wildman–Crippen MR) is 59.0 cm³/mol. The zero-order valence-corrected chi connectivity index (χ0v) is 9.27. The highest BCUT2D eigenvalue weighted by Gasteiger charge is 2.31. The van der Waals surface area contributed by atoms with Gasteiger partial charge in [-0.3, -0.25) is 4.79 Å². The minimum absolute atomic E-state index is 0.174. The summed E-state index contributed by atoms with van der Waals surface area (Å²) in [7, 11) is 0. The molecule has 17 heavy (non-hydrogen) atoms. The molecular formula is C11H14FN3O2. The second-order valence-corrected chi connectivity index (χ2v) is 4.20. The minimum atomic E-state index is -0.802. The fourth-order valence-electron chi connectivity index (χ4n) is 2.15. The fourth-order valence-corrected chi connectivity index (χ4v) is 2.15. The fraction of sp³-hybridized carbons (Fsp3) is 0.545. The SMILES string of the molecule is O=C(O)C1CCCCC1Nc1ncc(F)cn1. The Kier molecular flexibility index (Phi) is 3.51. The lowest BCUT2D eigenvalue weighted by Crippen LogP contribution is -2.37. The number of aliphatic carboxylic acids is 1. The van der Waals surface area contributed by atoms with Gasteiger partial charge in [0.2, 0.25) is 5.95 Å². The maximum Gasteiger partial charge on any atom is 0.308 e. The van der Waals surface area contributed by atoms with Crippen LogP contribution in [-0.4, -0.2) is 27.1 Å². The largest absolute Gasteiger partial charge is 0.481 e. The van der Waals surface area contributed by atoms with Crippen molar-refractivity contribution >= 4 is 11.9 Å². The molecule has 2 rings (SSSR count). The maximum absolute atomic E-state index is 12.6. The minimum Gasteiger partial charge on any atom is -0.481 e. The van der Waals surface area contributed by atoms with Crippen LogP contribution in [-0.2, 0) is 4.79 Å². The topological polar surface area (TPSA) is 75.1 Å². The molecular weight excluding hydrogens is 225 g/mol. The summed E-state index contributed by atoms with van der Waals surface area (Å²) in [4.78, 5) is 18.6. The number of carboxylic acids is 1. The predicted octanol–water partition coefficient (Wildman–Crippen LogP) is 1.67. The Labute approximate surface area is 98.1 Å². The van der Waals surface area contributed by atoms with Crippen molar-refractivity contribution in [2.45, 2.75) is 31.7 Å². The van der Waals surface area contributed by atoms with Gasteiger partial charge in [-0.25, -0.2) is 14.4 Å². The van der Waals surface area contributed by atoms with Gasteiger partial charge in [0.1, 0.15) is 0 Å². The van der Waals surface area contributed by atoms with Crippen molar-refractivity contribution in [2.75, 3.05) is 5.32 Å². The van der Waals surface area contributed by atoms with Crippen LogP contribution in [0.1, 0.15) is 25.7 Å². The Bertz CT molecular complexity index is 396. The molecule has 0 radical (unpaired) electrons. The van der Waals surface area contributed by atoms with Crippen molar-refractivity contribution in [1.82, 2.24) is 9.97 Å². The summed E-state index contributed by atoms with van der Waals surface area (Å²) in [6.07, 6.45) is 5.48. The molecule has 5 nitrogen and oxygen atoms in total. The van der Waals surface area contributed by atoms with Crippen LogP contribution in [0.2, 0.25) is 0 Å². The molecule has 2 atom stereocenters. The van der Waals surface area contributed by atoms with E-state index in [0.717, 1.165) is 31.7 Å². The molecule has 2 unspecified atom stereocenters. The number of aromatic nitrogens is 2. The molecule has 0 saturated heterocycles. The van der Waals surface area contributed by atoms with Crippen LogP contribution in [0.3, 0.4) is 0 Å². The number of nitrogens with zero attached hydrogens (tertiary/aromatic N) is 2. The molecule has 1 fully saturated rings. The van der Waals surface area contributed by atoms with Crippen molar-refractivity contribution in [3.63, 3.8) is 0 Å². The standard InChI is InChI=1S/C11H14FN3O2/c12-7-5-13-11(14-6-7)15-9-4-2-1-3-8(9)10(16)17/h5-6,8-9H,1-4H2,(H,16,17)(H,13,14,15). The van der Waals surface area contributed by atoms with E-state index in [2.05, 4.69) is 15.3 Å². The lowest BCUT2D eigenvalue weighted by molar-refractivity contribution is -0.143. The number of nitrogens with one attached hydrogen (secondary N) is 1. The second-order valence-electron chi connectivity index (χ2n) is 4.20. The smallest absolute Gasteiger partial charge is 0.308 e. The normalized spacial score (nSPS) is 24.3. The van der Waals surface area contributed by atoms with Crippen molar-refractivity contribution in [2.24, 2.45) is 5.92 Å². The van der Waals surface area contributed by atoms with Gasteiger partial charge in [-0.1, -0.05) is 12.8 Å². The Hall–Kier alpha value is -1.72. The maximum atomic E-state index is 12.6. The van der Waals surface area contributed by atoms with Crippen LogP contribution >= 0.6 is 0 Å². The van der Waals surface area contributed by atoms with E-state index in [1.807, 2.05) is 0 Å². The van der Waals surface area contributed by atoms with E-state index in [-0.39, 0.29) is 12.0 Å². The average Bonchev–Trinajstić information content (AvgIpc) is 2.32. The van der Waals surface area contributed by atoms with Gasteiger partial charge < -0.3 is 10.4 Å². The summed E-state index contributed by atoms with van der Waals surface area (Å²) in [5, 5.41) is 12.1. The Morgan fingerprint density at radius 2 is 2.00 bits per heavy atom. The van der Waals surface area contributed by atoms with Crippen molar-refractivity contribution in [1.29, 1.82) is 0 Å². The van der Waals surface area contributed by atoms with E-state index >= 15 is 0 Å². The van der Waals surface area contributed by atoms with E-state index < -0.39 is 17.7 Å². The monoisotopic (exact) mass is 239 g/mol. The zero-order valence-electron chi connectivity index (χ0n) is 9.27. The number of hydrogen-bond acceptors (Lipinski definition) is 4. The van der Waals surface area contributed by atoms with Gasteiger partial charge in [-0.05, 0) is 12.8 Å². The summed E-state index contributed by atoms with van der Waals surface area (Å²) >= 11 is 0. The highest BCUT2D eigenvalue weighted by molar-refractivity contribution is 5.71. The van der Waals surface area contributed by atoms with Crippen molar-refractivity contribution in [3.05, 3.63) is 18.2 Å². The van der Waals surface area contributed by atoms with Gasteiger partial charge in [0.25, 0.3) is 0 Å². The number of halogens is 1. The number of hydrogen-bond donors (Lipinski definition) is 2. The third-order valence-electron chi connectivity index (χ3n) is 3.02. The first-order valence-electron chi connectivity index (χ1n) is 5.63. The Morgan fingerprint density at radius 1 is 1.35 bits per heavy atom. The highest BCUT2D eigenvalue weighted by atomic mass is 19.1. The highest BCUT2D eigenvalue weighted by Crippen LogP contribution is 2.26. The Morgan fingerprint density at radius 3 is 2.65 bits per heavy atom. The van der Waals surface area contributed by atoms with E-state index in [1.165, 1.54) is 0 Å². The van der Waals surface area contributed by atoms with Crippen LogP contribution in [0.25, 0.3) is 0 Å². The third-order valence-corrected chi connectivity index (χ3v) is 3.02. The molecule has 0 bridgehead atoms. The van der Waals surface area contributed by atoms with Gasteiger partial charge >= 0.3 is 5.97 Å². The molecule has 0 aliphatic heterocycles. The molecule has 1 aromatic heterocycles. The Balaban J connectivity index is 2.05. The van der Waals surface area contributed by atoms with Crippen molar-refractivity contribution < 1.29 is 14.3 Å². The molecule has 92 valence electrons. The molecule has 1 aliphatic rings. The first-order chi connectivity index (χ1) is 8.16. The number of carboxylic acid groups (broad SMARTS) is 1. The van der Waals surface area contributed by atoms with Crippen LogP contribution in [0.4, 0.5) is 10.3 Å². The summed E-state index contributed by atoms with van der Waals surface area (Å²) in [6, 6.07) is -0.174. The van der Waals surface area contributed by atoms with Gasteiger partial charge in [0.05, 0.1) is 18.3 Å². The van der Waals surface area contributed by atoms with Crippen LogP contribution in [0.5, 0.6) is 0 Å². The number of carbonyl (C=O) groups is 1. The van der Waals surface area contributed by atoms with E-state index in [9.17, 15) is 9.18 Å². The summed E-state index contributed by atoms with van der Waals surface area (Å²) in [5.41, 5.74) is 0. The van der Waals surface area contributed by atoms with Crippen LogP contribution < -0.4 is 5.32 Å². The van der Waals surface area contributed by atoms with Crippen LogP contribution in [0, 0.1) is 11.7 Å². The van der Waals surface area contributed by atoms with E-state index in [0.29, 0.717) is 6.42 Å². The van der Waals surface area contributed by atoms with E-state index in [4.69, 9.17) is 5.11 Å². The molecule has 1 aliphatic carbocycles. The molecule has 0 spiro atoms. The zero-order chi connectivity index (χ0) is 12.3. The van der Waals surface area contributed by atoms with Crippen molar-refractivity contribution in [3.8, 4) is 0 Å². The number of anilines is 1. The third kappa shape index (κ3) is 2.89. The van der Waals surface area contributed by atoms with Gasteiger partial charge in [-0.15, -0.1) is 0 Å². The van der Waals surface area contributed by atoms with Crippen LogP contribution in [0.15, 0.2) is 12.4 Å². The molecule has 1 saturated carbocycles. The first-order valence-corrected chi connectivity index (χ1v) is 5.63. The summed E-state index contributed by atoms with van der Waals surface area (Å²) in [5.74, 6) is -1.44. The molecule has 2 N–H and O–H groups in total. The quantitative estimate of drug-likeness (QED) is 0.839. The molecule has 0 aromatic carbocycles.